The highest BCUT2D eigenvalue weighted by atomic mass is 79.9. The molecule has 1 saturated heterocycles. The van der Waals surface area contributed by atoms with E-state index in [2.05, 4.69) is 61.6 Å². The van der Waals surface area contributed by atoms with Gasteiger partial charge < -0.3 is 11.1 Å². The number of nitrogens with two attached hydrogens (primary N) is 1. The van der Waals surface area contributed by atoms with E-state index in [0.29, 0.717) is 6.04 Å². The molecule has 1 aliphatic heterocycles. The average molecular weight is 403 g/mol. The molecular weight excluding hydrogens is 382 g/mol. The van der Waals surface area contributed by atoms with Crippen LogP contribution in [0, 0.1) is 0 Å². The van der Waals surface area contributed by atoms with Gasteiger partial charge in [0, 0.05) is 41.2 Å². The first-order valence-corrected chi connectivity index (χ1v) is 8.41. The van der Waals surface area contributed by atoms with E-state index >= 15 is 0 Å². The second-order valence-corrected chi connectivity index (χ2v) is 7.12. The lowest BCUT2D eigenvalue weighted by molar-refractivity contribution is 0.173. The van der Waals surface area contributed by atoms with E-state index in [9.17, 15) is 0 Å². The molecule has 5 heteroatoms. The van der Waals surface area contributed by atoms with Crippen molar-refractivity contribution in [3.05, 3.63) is 38.8 Å². The molecule has 1 aliphatic rings. The average Bonchev–Trinajstić information content (AvgIpc) is 2.41. The van der Waals surface area contributed by atoms with Crippen LogP contribution < -0.4 is 11.1 Å². The lowest BCUT2D eigenvalue weighted by Gasteiger charge is -2.36. The first-order chi connectivity index (χ1) is 9.49. The van der Waals surface area contributed by atoms with E-state index in [1.54, 1.807) is 0 Å². The van der Waals surface area contributed by atoms with Crippen molar-refractivity contribution in [3.63, 3.8) is 0 Å². The molecule has 0 radical (unpaired) electrons. The summed E-state index contributed by atoms with van der Waals surface area (Å²) in [5, 5.41) is 3.40. The fourth-order valence-electron chi connectivity index (χ4n) is 2.64. The summed E-state index contributed by atoms with van der Waals surface area (Å²) in [5.41, 5.74) is 9.49. The van der Waals surface area contributed by atoms with Crippen molar-refractivity contribution in [2.75, 3.05) is 31.9 Å². The predicted octanol–water partition coefficient (Wildman–Crippen LogP) is 3.71. The number of anilines is 1. The molecule has 2 rings (SSSR count). The smallest absolute Gasteiger partial charge is 0.0507 e. The highest BCUT2D eigenvalue weighted by Gasteiger charge is 2.24. The van der Waals surface area contributed by atoms with Gasteiger partial charge in [-0.15, -0.1) is 6.58 Å². The van der Waals surface area contributed by atoms with Gasteiger partial charge in [0.2, 0.25) is 0 Å². The maximum Gasteiger partial charge on any atom is 0.0507 e. The van der Waals surface area contributed by atoms with Gasteiger partial charge in [0.15, 0.2) is 0 Å². The minimum Gasteiger partial charge on any atom is -0.398 e. The third-order valence-electron chi connectivity index (χ3n) is 3.62. The fraction of sp³-hybridized carbons (Fsp3) is 0.467. The van der Waals surface area contributed by atoms with E-state index < -0.39 is 0 Å². The van der Waals surface area contributed by atoms with Crippen LogP contribution >= 0.6 is 31.9 Å². The van der Waals surface area contributed by atoms with Crippen LogP contribution in [-0.4, -0.2) is 31.1 Å². The summed E-state index contributed by atoms with van der Waals surface area (Å²) in [6, 6.07) is 4.42. The number of nitrogens with zero attached hydrogens (tertiary/aromatic N) is 1. The van der Waals surface area contributed by atoms with Gasteiger partial charge >= 0.3 is 0 Å². The summed E-state index contributed by atoms with van der Waals surface area (Å²) < 4.78 is 2.00. The lowest BCUT2D eigenvalue weighted by Crippen LogP contribution is -2.45. The largest absolute Gasteiger partial charge is 0.398 e. The van der Waals surface area contributed by atoms with Crippen molar-refractivity contribution in [1.29, 1.82) is 0 Å². The van der Waals surface area contributed by atoms with Crippen LogP contribution in [0.3, 0.4) is 0 Å². The quantitative estimate of drug-likeness (QED) is 0.595. The van der Waals surface area contributed by atoms with Gasteiger partial charge in [-0.3, -0.25) is 4.90 Å². The first-order valence-electron chi connectivity index (χ1n) is 6.82. The monoisotopic (exact) mass is 401 g/mol. The van der Waals surface area contributed by atoms with Gasteiger partial charge in [-0.25, -0.2) is 0 Å². The van der Waals surface area contributed by atoms with Crippen molar-refractivity contribution in [3.8, 4) is 0 Å². The topological polar surface area (TPSA) is 41.3 Å². The molecule has 110 valence electrons. The van der Waals surface area contributed by atoms with Gasteiger partial charge in [0.05, 0.1) is 5.69 Å². The fourth-order valence-corrected chi connectivity index (χ4v) is 3.90. The molecule has 1 aromatic rings. The highest BCUT2D eigenvalue weighted by molar-refractivity contribution is 9.11. The number of hydrogen-bond donors (Lipinski definition) is 2. The Morgan fingerprint density at radius 3 is 2.65 bits per heavy atom. The molecule has 0 aromatic heterocycles. The number of nitrogens with one attached hydrogen (secondary N) is 1. The van der Waals surface area contributed by atoms with Crippen molar-refractivity contribution in [1.82, 2.24) is 10.2 Å². The minimum absolute atomic E-state index is 0.295. The van der Waals surface area contributed by atoms with Crippen LogP contribution in [0.15, 0.2) is 33.2 Å². The van der Waals surface area contributed by atoms with E-state index in [1.807, 2.05) is 6.07 Å². The zero-order valence-corrected chi connectivity index (χ0v) is 14.9. The first kappa shape index (κ1) is 16.0. The van der Waals surface area contributed by atoms with E-state index in [4.69, 9.17) is 5.73 Å². The van der Waals surface area contributed by atoms with Gasteiger partial charge in [0.1, 0.15) is 0 Å². The van der Waals surface area contributed by atoms with Crippen molar-refractivity contribution >= 4 is 37.5 Å². The number of hydrogen-bond acceptors (Lipinski definition) is 3. The van der Waals surface area contributed by atoms with Gasteiger partial charge in [-0.2, -0.15) is 0 Å². The Hall–Kier alpha value is -0.360. The summed E-state index contributed by atoms with van der Waals surface area (Å²) in [6.07, 6.45) is 0.938. The van der Waals surface area contributed by atoms with Crippen LogP contribution in [-0.2, 0) is 0 Å². The molecule has 0 aliphatic carbocycles. The van der Waals surface area contributed by atoms with E-state index in [-0.39, 0.29) is 0 Å². The zero-order chi connectivity index (χ0) is 14.7. The molecule has 1 fully saturated rings. The summed E-state index contributed by atoms with van der Waals surface area (Å²) in [7, 11) is 0. The Kier molecular flexibility index (Phi) is 5.66. The number of benzene rings is 1. The van der Waals surface area contributed by atoms with Crippen LogP contribution in [0.1, 0.15) is 24.9 Å². The number of halogens is 2. The molecule has 3 N–H and O–H groups in total. The van der Waals surface area contributed by atoms with Crippen molar-refractivity contribution in [2.24, 2.45) is 0 Å². The summed E-state index contributed by atoms with van der Waals surface area (Å²) >= 11 is 7.11. The molecule has 0 unspecified atom stereocenters. The maximum absolute atomic E-state index is 6.30. The standard InChI is InChI=1S/C15H21Br2N3/c1-10(2)7-14(20-5-3-19-4-6-20)12-8-11(16)9-13(17)15(12)18/h8-9,14,19H,1,3-7,18H2,2H3/t14-/m0/s1. The summed E-state index contributed by atoms with van der Waals surface area (Å²) in [4.78, 5) is 2.50. The number of rotatable bonds is 4. The maximum atomic E-state index is 6.30. The lowest BCUT2D eigenvalue weighted by atomic mass is 9.96. The Morgan fingerprint density at radius 1 is 1.40 bits per heavy atom. The summed E-state index contributed by atoms with van der Waals surface area (Å²) in [6.45, 7) is 10.3. The second-order valence-electron chi connectivity index (χ2n) is 5.35. The molecule has 1 heterocycles. The van der Waals surface area contributed by atoms with E-state index in [1.165, 1.54) is 11.1 Å². The third-order valence-corrected chi connectivity index (χ3v) is 4.73. The van der Waals surface area contributed by atoms with Crippen molar-refractivity contribution < 1.29 is 0 Å². The van der Waals surface area contributed by atoms with Crippen LogP contribution in [0.5, 0.6) is 0 Å². The molecule has 20 heavy (non-hydrogen) atoms. The van der Waals surface area contributed by atoms with Gasteiger partial charge in [-0.05, 0) is 47.0 Å². The normalized spacial score (nSPS) is 17.9. The number of nitrogen functional groups attached to an aromatic ring is 1. The molecular formula is C15H21Br2N3. The Bertz CT molecular complexity index is 496. The van der Waals surface area contributed by atoms with Crippen LogP contribution in [0.2, 0.25) is 0 Å². The molecule has 0 amide bonds. The minimum atomic E-state index is 0.295. The molecule has 1 aromatic carbocycles. The zero-order valence-electron chi connectivity index (χ0n) is 11.8. The van der Waals surface area contributed by atoms with Crippen LogP contribution in [0.25, 0.3) is 0 Å². The Balaban J connectivity index is 2.37. The Morgan fingerprint density at radius 2 is 2.05 bits per heavy atom. The van der Waals surface area contributed by atoms with Gasteiger partial charge in [0.25, 0.3) is 0 Å². The summed E-state index contributed by atoms with van der Waals surface area (Å²) in [5.74, 6) is 0. The molecule has 1 atom stereocenters. The van der Waals surface area contributed by atoms with E-state index in [0.717, 1.165) is 47.2 Å². The molecule has 0 saturated carbocycles. The molecule has 3 nitrogen and oxygen atoms in total. The highest BCUT2D eigenvalue weighted by Crippen LogP contribution is 2.37. The van der Waals surface area contributed by atoms with Crippen molar-refractivity contribution in [2.45, 2.75) is 19.4 Å². The molecule has 0 spiro atoms. The number of piperazine rings is 1. The predicted molar refractivity (Wildman–Crippen MR) is 92.9 cm³/mol. The molecule has 0 bridgehead atoms. The third kappa shape index (κ3) is 3.85. The second kappa shape index (κ2) is 7.07. The van der Waals surface area contributed by atoms with Gasteiger partial charge in [-0.1, -0.05) is 21.5 Å². The van der Waals surface area contributed by atoms with Crippen LogP contribution in [0.4, 0.5) is 5.69 Å². The Labute approximate surface area is 137 Å². The SMILES string of the molecule is C=C(C)C[C@@H](c1cc(Br)cc(Br)c1N)N1CCNCC1.